The van der Waals surface area contributed by atoms with E-state index in [-0.39, 0.29) is 18.4 Å². The molecule has 26 heavy (non-hydrogen) atoms. The van der Waals surface area contributed by atoms with Crippen LogP contribution in [0.5, 0.6) is 0 Å². The molecule has 2 N–H and O–H groups in total. The minimum atomic E-state index is -0.349. The van der Waals surface area contributed by atoms with Gasteiger partial charge in [-0.05, 0) is 49.8 Å². The topological polar surface area (TPSA) is 80.6 Å². The molecule has 1 aliphatic carbocycles. The summed E-state index contributed by atoms with van der Waals surface area (Å²) < 4.78 is 10.4. The fraction of sp³-hybridized carbons (Fsp3) is 0.474. The van der Waals surface area contributed by atoms with Crippen LogP contribution in [0.4, 0.5) is 5.00 Å². The van der Waals surface area contributed by atoms with E-state index < -0.39 is 0 Å². The van der Waals surface area contributed by atoms with Crippen molar-refractivity contribution in [1.29, 1.82) is 0 Å². The smallest absolute Gasteiger partial charge is 0.341 e. The normalized spacial score (nSPS) is 16.2. The van der Waals surface area contributed by atoms with Crippen LogP contribution in [0.3, 0.4) is 0 Å². The van der Waals surface area contributed by atoms with E-state index in [1.165, 1.54) is 16.2 Å². The molecule has 1 atom stereocenters. The fourth-order valence-electron chi connectivity index (χ4n) is 3.14. The van der Waals surface area contributed by atoms with Gasteiger partial charge in [-0.2, -0.15) is 0 Å². The molecule has 2 aromatic rings. The van der Waals surface area contributed by atoms with Gasteiger partial charge in [0, 0.05) is 4.88 Å². The Hall–Kier alpha value is -2.12. The highest BCUT2D eigenvalue weighted by Crippen LogP contribution is 2.40. The van der Waals surface area contributed by atoms with Crippen molar-refractivity contribution in [2.75, 3.05) is 18.5 Å². The molecule has 0 spiro atoms. The first kappa shape index (κ1) is 18.7. The highest BCUT2D eigenvalue weighted by molar-refractivity contribution is 7.17. The number of thiophene rings is 1. The van der Waals surface area contributed by atoms with Crippen LogP contribution in [0, 0.1) is 5.92 Å². The number of carbonyl (C=O) groups excluding carboxylic acids is 2. The lowest BCUT2D eigenvalue weighted by Gasteiger charge is -2.18. The minimum absolute atomic E-state index is 0.141. The van der Waals surface area contributed by atoms with E-state index in [1.54, 1.807) is 19.3 Å². The highest BCUT2D eigenvalue weighted by atomic mass is 32.1. The molecular formula is C19H24N2O4S. The van der Waals surface area contributed by atoms with Crippen molar-refractivity contribution in [1.82, 2.24) is 5.32 Å². The summed E-state index contributed by atoms with van der Waals surface area (Å²) in [5.74, 6) is 0.826. The molecule has 2 aromatic heterocycles. The number of anilines is 1. The zero-order valence-corrected chi connectivity index (χ0v) is 15.9. The number of hydrogen-bond donors (Lipinski definition) is 2. The van der Waals surface area contributed by atoms with E-state index >= 15 is 0 Å². The molecule has 0 fully saturated rings. The molecule has 6 nitrogen and oxygen atoms in total. The highest BCUT2D eigenvalue weighted by Gasteiger charge is 2.29. The average Bonchev–Trinajstić information content (AvgIpc) is 3.22. The number of furan rings is 1. The standard InChI is InChI=1S/C19H24N2O4S/c1-3-24-19(23)17-14-7-6-12(2)9-15(14)26-18(17)21-16(22)11-20-10-13-5-4-8-25-13/h4-5,8,12,20H,3,6-7,9-11H2,1-2H3,(H,21,22)/t12-/m0/s1. The third-order valence-electron chi connectivity index (χ3n) is 4.41. The van der Waals surface area contributed by atoms with Crippen LogP contribution < -0.4 is 10.6 Å². The van der Waals surface area contributed by atoms with Crippen molar-refractivity contribution in [3.63, 3.8) is 0 Å². The Morgan fingerprint density at radius 3 is 3.00 bits per heavy atom. The zero-order chi connectivity index (χ0) is 18.5. The van der Waals surface area contributed by atoms with Crippen molar-refractivity contribution >= 4 is 28.2 Å². The zero-order valence-electron chi connectivity index (χ0n) is 15.1. The Kier molecular flexibility index (Phi) is 6.11. The number of fused-ring (bicyclic) bond motifs is 1. The maximum absolute atomic E-state index is 12.4. The Morgan fingerprint density at radius 2 is 2.27 bits per heavy atom. The quantitative estimate of drug-likeness (QED) is 0.724. The van der Waals surface area contributed by atoms with Gasteiger partial charge in [-0.1, -0.05) is 6.92 Å². The van der Waals surface area contributed by atoms with Crippen LogP contribution in [-0.4, -0.2) is 25.0 Å². The molecule has 0 bridgehead atoms. The summed E-state index contributed by atoms with van der Waals surface area (Å²) in [7, 11) is 0. The van der Waals surface area contributed by atoms with Gasteiger partial charge in [0.25, 0.3) is 0 Å². The Morgan fingerprint density at radius 1 is 1.42 bits per heavy atom. The van der Waals surface area contributed by atoms with E-state index in [1.807, 2.05) is 6.07 Å². The summed E-state index contributed by atoms with van der Waals surface area (Å²) in [5, 5.41) is 6.52. The molecule has 0 aliphatic heterocycles. The van der Waals surface area contributed by atoms with Crippen LogP contribution in [0.25, 0.3) is 0 Å². The van der Waals surface area contributed by atoms with Gasteiger partial charge in [0.05, 0.1) is 31.5 Å². The Bertz CT molecular complexity index is 767. The van der Waals surface area contributed by atoms with Gasteiger partial charge >= 0.3 is 5.97 Å². The van der Waals surface area contributed by atoms with E-state index in [9.17, 15) is 9.59 Å². The second kappa shape index (κ2) is 8.51. The second-order valence-corrected chi connectivity index (χ2v) is 7.61. The van der Waals surface area contributed by atoms with Crippen molar-refractivity contribution in [3.05, 3.63) is 40.2 Å². The van der Waals surface area contributed by atoms with Crippen LogP contribution >= 0.6 is 11.3 Å². The van der Waals surface area contributed by atoms with Gasteiger partial charge in [-0.3, -0.25) is 4.79 Å². The number of ether oxygens (including phenoxy) is 1. The Balaban J connectivity index is 1.69. The van der Waals surface area contributed by atoms with Gasteiger partial charge in [-0.15, -0.1) is 11.3 Å². The number of hydrogen-bond acceptors (Lipinski definition) is 6. The lowest BCUT2D eigenvalue weighted by molar-refractivity contribution is -0.115. The third-order valence-corrected chi connectivity index (χ3v) is 5.58. The minimum Gasteiger partial charge on any atom is -0.468 e. The van der Waals surface area contributed by atoms with E-state index in [4.69, 9.17) is 9.15 Å². The van der Waals surface area contributed by atoms with Gasteiger partial charge < -0.3 is 19.8 Å². The SMILES string of the molecule is CCOC(=O)c1c(NC(=O)CNCc2ccco2)sc2c1CC[C@H](C)C2. The molecule has 0 radical (unpaired) electrons. The first-order valence-corrected chi connectivity index (χ1v) is 9.74. The molecule has 0 saturated heterocycles. The summed E-state index contributed by atoms with van der Waals surface area (Å²) in [6.07, 6.45) is 4.45. The predicted octanol–water partition coefficient (Wildman–Crippen LogP) is 3.37. The van der Waals surface area contributed by atoms with Crippen molar-refractivity contribution in [2.24, 2.45) is 5.92 Å². The number of rotatable bonds is 7. The molecule has 0 aromatic carbocycles. The molecular weight excluding hydrogens is 352 g/mol. The van der Waals surface area contributed by atoms with Gasteiger partial charge in [0.1, 0.15) is 10.8 Å². The molecule has 1 aliphatic rings. The predicted molar refractivity (Wildman–Crippen MR) is 101 cm³/mol. The van der Waals surface area contributed by atoms with Crippen LogP contribution in [0.1, 0.15) is 46.8 Å². The van der Waals surface area contributed by atoms with Crippen LogP contribution in [0.15, 0.2) is 22.8 Å². The van der Waals surface area contributed by atoms with Gasteiger partial charge in [0.15, 0.2) is 0 Å². The summed E-state index contributed by atoms with van der Waals surface area (Å²) in [6, 6.07) is 3.65. The van der Waals surface area contributed by atoms with Crippen LogP contribution in [-0.2, 0) is 28.9 Å². The lowest BCUT2D eigenvalue weighted by Crippen LogP contribution is -2.28. The number of esters is 1. The van der Waals surface area contributed by atoms with Crippen LogP contribution in [0.2, 0.25) is 0 Å². The summed E-state index contributed by atoms with van der Waals surface area (Å²) in [4.78, 5) is 25.9. The second-order valence-electron chi connectivity index (χ2n) is 6.51. The number of amides is 1. The van der Waals surface area contributed by atoms with Gasteiger partial charge in [0.2, 0.25) is 5.91 Å². The van der Waals surface area contributed by atoms with E-state index in [0.29, 0.717) is 29.6 Å². The molecule has 0 unspecified atom stereocenters. The summed E-state index contributed by atoms with van der Waals surface area (Å²) in [5.41, 5.74) is 1.59. The first-order chi connectivity index (χ1) is 12.6. The van der Waals surface area contributed by atoms with E-state index in [0.717, 1.165) is 30.6 Å². The molecule has 7 heteroatoms. The molecule has 3 rings (SSSR count). The van der Waals surface area contributed by atoms with E-state index in [2.05, 4.69) is 17.6 Å². The van der Waals surface area contributed by atoms with Gasteiger partial charge in [-0.25, -0.2) is 4.79 Å². The molecule has 2 heterocycles. The largest absolute Gasteiger partial charge is 0.468 e. The molecule has 140 valence electrons. The maximum atomic E-state index is 12.4. The van der Waals surface area contributed by atoms with Crippen molar-refractivity contribution < 1.29 is 18.7 Å². The number of carbonyl (C=O) groups is 2. The monoisotopic (exact) mass is 376 g/mol. The Labute approximate surface area is 156 Å². The molecule has 0 saturated carbocycles. The number of nitrogens with one attached hydrogen (secondary N) is 2. The third kappa shape index (κ3) is 4.34. The summed E-state index contributed by atoms with van der Waals surface area (Å²) in [6.45, 7) is 4.93. The molecule has 1 amide bonds. The van der Waals surface area contributed by atoms with Crippen molar-refractivity contribution in [2.45, 2.75) is 39.7 Å². The maximum Gasteiger partial charge on any atom is 0.341 e. The first-order valence-electron chi connectivity index (χ1n) is 8.93. The summed E-state index contributed by atoms with van der Waals surface area (Å²) >= 11 is 1.50. The average molecular weight is 376 g/mol. The van der Waals surface area contributed by atoms with Crippen molar-refractivity contribution in [3.8, 4) is 0 Å². The fourth-order valence-corrected chi connectivity index (χ4v) is 4.56. The lowest BCUT2D eigenvalue weighted by atomic mass is 9.88.